The van der Waals surface area contributed by atoms with Crippen molar-refractivity contribution in [1.29, 1.82) is 0 Å². The summed E-state index contributed by atoms with van der Waals surface area (Å²) in [6.45, 7) is 2.28. The van der Waals surface area contributed by atoms with E-state index in [9.17, 15) is 15.0 Å². The quantitative estimate of drug-likeness (QED) is 0.649. The Balaban J connectivity index is 1.59. The first kappa shape index (κ1) is 20.6. The fraction of sp³-hybridized carbons (Fsp3) is 0.579. The molecule has 3 rings (SSSR count). The van der Waals surface area contributed by atoms with Crippen LogP contribution >= 0.6 is 15.9 Å². The molecule has 2 aliphatic heterocycles. The lowest BCUT2D eigenvalue weighted by Gasteiger charge is -2.46. The summed E-state index contributed by atoms with van der Waals surface area (Å²) in [4.78, 5) is 16.3. The maximum absolute atomic E-state index is 12.3. The van der Waals surface area contributed by atoms with Crippen LogP contribution in [0.4, 0.5) is 0 Å². The molecule has 27 heavy (non-hydrogen) atoms. The van der Waals surface area contributed by atoms with Crippen LogP contribution in [0.2, 0.25) is 0 Å². The number of aliphatic hydroxyl groups is 2. The zero-order valence-electron chi connectivity index (χ0n) is 15.0. The molecule has 7 nitrogen and oxygen atoms in total. The van der Waals surface area contributed by atoms with Crippen LogP contribution in [0.3, 0.4) is 0 Å². The average Bonchev–Trinajstić information content (AvgIpc) is 2.65. The standard InChI is InChI=1S/C19H24BrNO6/c1-2-3-16-25-10-15-19(27-16)18(24)17(23)14(26-15)7-13(22)5-4-11-6-12(20)9-21-8-11/h4-6,8-9,14-19,23-24H,2-3,7,10H2,1H3/b5-4+/t14-,15+,16?,17-,18+,19+/m0/s1. The maximum atomic E-state index is 12.3. The van der Waals surface area contributed by atoms with Gasteiger partial charge in [0.2, 0.25) is 0 Å². The Morgan fingerprint density at radius 2 is 2.15 bits per heavy atom. The van der Waals surface area contributed by atoms with Gasteiger partial charge in [0.25, 0.3) is 0 Å². The van der Waals surface area contributed by atoms with Gasteiger partial charge >= 0.3 is 0 Å². The van der Waals surface area contributed by atoms with E-state index in [1.807, 2.05) is 13.0 Å². The summed E-state index contributed by atoms with van der Waals surface area (Å²) in [7, 11) is 0. The number of hydrogen-bond acceptors (Lipinski definition) is 7. The topological polar surface area (TPSA) is 98.1 Å². The number of nitrogens with zero attached hydrogens (tertiary/aromatic N) is 1. The molecule has 0 aromatic carbocycles. The summed E-state index contributed by atoms with van der Waals surface area (Å²) in [6, 6.07) is 1.83. The molecule has 2 saturated heterocycles. The van der Waals surface area contributed by atoms with Gasteiger partial charge in [0.05, 0.1) is 12.7 Å². The minimum Gasteiger partial charge on any atom is -0.388 e. The predicted octanol–water partition coefficient (Wildman–Crippen LogP) is 1.85. The molecule has 2 aliphatic rings. The normalized spacial score (nSPS) is 33.8. The van der Waals surface area contributed by atoms with Gasteiger partial charge in [-0.2, -0.15) is 0 Å². The van der Waals surface area contributed by atoms with E-state index in [0.29, 0.717) is 6.42 Å². The van der Waals surface area contributed by atoms with Crippen LogP contribution in [0.15, 0.2) is 29.0 Å². The van der Waals surface area contributed by atoms with Crippen LogP contribution in [0, 0.1) is 0 Å². The number of ketones is 1. The van der Waals surface area contributed by atoms with Crippen molar-refractivity contribution in [2.45, 2.75) is 63.0 Å². The molecule has 1 aromatic rings. The van der Waals surface area contributed by atoms with Gasteiger partial charge in [0, 0.05) is 23.3 Å². The number of aromatic nitrogens is 1. The summed E-state index contributed by atoms with van der Waals surface area (Å²) in [5.74, 6) is -0.216. The van der Waals surface area contributed by atoms with Crippen LogP contribution in [0.25, 0.3) is 6.08 Å². The summed E-state index contributed by atoms with van der Waals surface area (Å²) in [5.41, 5.74) is 0.777. The molecule has 0 radical (unpaired) electrons. The molecule has 0 saturated carbocycles. The molecule has 2 fully saturated rings. The molecule has 8 heteroatoms. The van der Waals surface area contributed by atoms with Gasteiger partial charge in [0.1, 0.15) is 24.4 Å². The van der Waals surface area contributed by atoms with Crippen molar-refractivity contribution in [3.8, 4) is 0 Å². The molecule has 3 heterocycles. The SMILES string of the molecule is CCCC1OC[C@H]2O[C@@H](CC(=O)/C=C/c3cncc(Br)c3)[C@H](O)[C@@H](O)[C@@H]2O1. The van der Waals surface area contributed by atoms with E-state index in [-0.39, 0.29) is 18.8 Å². The molecule has 0 aliphatic carbocycles. The molecular weight excluding hydrogens is 418 g/mol. The second-order valence-corrected chi connectivity index (χ2v) is 7.70. The Hall–Kier alpha value is -1.16. The minimum absolute atomic E-state index is 0.0439. The summed E-state index contributed by atoms with van der Waals surface area (Å²) in [6.07, 6.45) is 3.22. The van der Waals surface area contributed by atoms with Gasteiger partial charge < -0.3 is 24.4 Å². The van der Waals surface area contributed by atoms with Gasteiger partial charge in [-0.3, -0.25) is 9.78 Å². The third-order valence-electron chi connectivity index (χ3n) is 4.65. The van der Waals surface area contributed by atoms with Crippen molar-refractivity contribution in [2.75, 3.05) is 6.61 Å². The van der Waals surface area contributed by atoms with E-state index in [1.54, 1.807) is 18.5 Å². The van der Waals surface area contributed by atoms with Gasteiger partial charge in [-0.25, -0.2) is 0 Å². The van der Waals surface area contributed by atoms with E-state index in [4.69, 9.17) is 14.2 Å². The fourth-order valence-corrected chi connectivity index (χ4v) is 3.65. The van der Waals surface area contributed by atoms with E-state index in [1.165, 1.54) is 6.08 Å². The van der Waals surface area contributed by atoms with Crippen molar-refractivity contribution in [3.05, 3.63) is 34.6 Å². The van der Waals surface area contributed by atoms with Crippen LogP contribution in [0.5, 0.6) is 0 Å². The number of pyridine rings is 1. The van der Waals surface area contributed by atoms with E-state index >= 15 is 0 Å². The highest BCUT2D eigenvalue weighted by Crippen LogP contribution is 2.30. The number of fused-ring (bicyclic) bond motifs is 1. The zero-order valence-corrected chi connectivity index (χ0v) is 16.6. The number of hydrogen-bond donors (Lipinski definition) is 2. The first-order chi connectivity index (χ1) is 13.0. The smallest absolute Gasteiger partial charge is 0.158 e. The number of carbonyl (C=O) groups is 1. The van der Waals surface area contributed by atoms with Crippen LogP contribution < -0.4 is 0 Å². The highest BCUT2D eigenvalue weighted by atomic mass is 79.9. The number of ether oxygens (including phenoxy) is 3. The second-order valence-electron chi connectivity index (χ2n) is 6.79. The molecule has 148 valence electrons. The van der Waals surface area contributed by atoms with Crippen molar-refractivity contribution < 1.29 is 29.2 Å². The number of carbonyl (C=O) groups excluding carboxylic acids is 1. The fourth-order valence-electron chi connectivity index (χ4n) is 3.27. The third kappa shape index (κ3) is 5.22. The summed E-state index contributed by atoms with van der Waals surface area (Å²) in [5, 5.41) is 20.8. The maximum Gasteiger partial charge on any atom is 0.158 e. The highest BCUT2D eigenvalue weighted by molar-refractivity contribution is 9.10. The molecule has 0 amide bonds. The number of aliphatic hydroxyl groups excluding tert-OH is 2. The molecule has 6 atom stereocenters. The van der Waals surface area contributed by atoms with Crippen LogP contribution in [-0.2, 0) is 19.0 Å². The predicted molar refractivity (Wildman–Crippen MR) is 101 cm³/mol. The monoisotopic (exact) mass is 441 g/mol. The number of rotatable bonds is 6. The average molecular weight is 442 g/mol. The van der Waals surface area contributed by atoms with Crippen LogP contribution in [0.1, 0.15) is 31.7 Å². The third-order valence-corrected chi connectivity index (χ3v) is 5.09. The molecule has 0 bridgehead atoms. The molecule has 1 aromatic heterocycles. The van der Waals surface area contributed by atoms with E-state index in [0.717, 1.165) is 16.5 Å². The van der Waals surface area contributed by atoms with E-state index < -0.39 is 36.8 Å². The Morgan fingerprint density at radius 3 is 2.89 bits per heavy atom. The van der Waals surface area contributed by atoms with E-state index in [2.05, 4.69) is 20.9 Å². The van der Waals surface area contributed by atoms with Gasteiger partial charge in [-0.1, -0.05) is 13.3 Å². The Morgan fingerprint density at radius 1 is 1.33 bits per heavy atom. The molecular formula is C19H24BrNO6. The molecule has 1 unspecified atom stereocenters. The first-order valence-corrected chi connectivity index (χ1v) is 9.87. The summed E-state index contributed by atoms with van der Waals surface area (Å²) < 4.78 is 17.9. The van der Waals surface area contributed by atoms with Gasteiger partial charge in [-0.05, 0) is 46.1 Å². The minimum atomic E-state index is -1.20. The first-order valence-electron chi connectivity index (χ1n) is 9.08. The van der Waals surface area contributed by atoms with Crippen molar-refractivity contribution >= 4 is 27.8 Å². The Labute approximate surface area is 166 Å². The number of allylic oxidation sites excluding steroid dienone is 1. The van der Waals surface area contributed by atoms with Crippen LogP contribution in [-0.4, -0.2) is 64.4 Å². The second kappa shape index (κ2) is 9.36. The Bertz CT molecular complexity index is 682. The van der Waals surface area contributed by atoms with Crippen molar-refractivity contribution in [1.82, 2.24) is 4.98 Å². The number of halogens is 1. The van der Waals surface area contributed by atoms with Gasteiger partial charge in [-0.15, -0.1) is 0 Å². The largest absolute Gasteiger partial charge is 0.388 e. The van der Waals surface area contributed by atoms with Crippen molar-refractivity contribution in [2.24, 2.45) is 0 Å². The Kier molecular flexibility index (Phi) is 7.13. The van der Waals surface area contributed by atoms with Crippen molar-refractivity contribution in [3.63, 3.8) is 0 Å². The lowest BCUT2D eigenvalue weighted by Crippen LogP contribution is -2.62. The summed E-state index contributed by atoms with van der Waals surface area (Å²) >= 11 is 3.32. The van der Waals surface area contributed by atoms with Gasteiger partial charge in [0.15, 0.2) is 12.1 Å². The highest BCUT2D eigenvalue weighted by Gasteiger charge is 2.48. The molecule has 2 N–H and O–H groups in total. The zero-order chi connectivity index (χ0) is 19.4. The molecule has 0 spiro atoms. The lowest BCUT2D eigenvalue weighted by molar-refractivity contribution is -0.325. The lowest BCUT2D eigenvalue weighted by atomic mass is 9.91.